The van der Waals surface area contributed by atoms with E-state index < -0.39 is 0 Å². The van der Waals surface area contributed by atoms with Gasteiger partial charge in [0.05, 0.1) is 6.54 Å². The van der Waals surface area contributed by atoms with Gasteiger partial charge in [-0.05, 0) is 38.0 Å². The lowest BCUT2D eigenvalue weighted by molar-refractivity contribution is -0.116. The average Bonchev–Trinajstić information content (AvgIpc) is 2.65. The van der Waals surface area contributed by atoms with E-state index in [9.17, 15) is 4.79 Å². The van der Waals surface area contributed by atoms with E-state index >= 15 is 0 Å². The van der Waals surface area contributed by atoms with Crippen LogP contribution in [0.5, 0.6) is 0 Å². The predicted octanol–water partition coefficient (Wildman–Crippen LogP) is 3.74. The normalized spacial score (nSPS) is 10.8. The van der Waals surface area contributed by atoms with E-state index in [1.54, 1.807) is 12.3 Å². The Morgan fingerprint density at radius 1 is 1.11 bits per heavy atom. The summed E-state index contributed by atoms with van der Waals surface area (Å²) >= 11 is 0. The fourth-order valence-electron chi connectivity index (χ4n) is 2.52. The van der Waals surface area contributed by atoms with Gasteiger partial charge < -0.3 is 15.5 Å². The van der Waals surface area contributed by atoms with Crippen molar-refractivity contribution in [3.8, 4) is 0 Å². The van der Waals surface area contributed by atoms with Gasteiger partial charge in [0.15, 0.2) is 5.96 Å². The smallest absolute Gasteiger partial charge is 0.227 e. The monoisotopic (exact) mass is 495 g/mol. The molecule has 28 heavy (non-hydrogen) atoms. The molecule has 152 valence electrons. The fraction of sp³-hybridized carbons (Fsp3) is 0.381. The predicted molar refractivity (Wildman–Crippen MR) is 126 cm³/mol. The lowest BCUT2D eigenvalue weighted by Gasteiger charge is -2.22. The van der Waals surface area contributed by atoms with E-state index in [1.807, 2.05) is 27.0 Å². The van der Waals surface area contributed by atoms with Crippen molar-refractivity contribution in [1.29, 1.82) is 0 Å². The largest absolute Gasteiger partial charge is 0.357 e. The van der Waals surface area contributed by atoms with Crippen LogP contribution in [-0.4, -0.2) is 41.9 Å². The average molecular weight is 495 g/mol. The molecule has 0 bridgehead atoms. The molecule has 2 N–H and O–H groups in total. The molecule has 6 nitrogen and oxygen atoms in total. The summed E-state index contributed by atoms with van der Waals surface area (Å²) in [5, 5.41) is 6.07. The van der Waals surface area contributed by atoms with Gasteiger partial charge in [0.1, 0.15) is 5.82 Å². The molecule has 0 aliphatic carbocycles. The molecule has 0 aliphatic heterocycles. The second kappa shape index (κ2) is 12.3. The number of hydrogen-bond donors (Lipinski definition) is 2. The number of rotatable bonds is 7. The minimum atomic E-state index is -0.0906. The first-order valence-corrected chi connectivity index (χ1v) is 9.25. The maximum absolute atomic E-state index is 12.1. The van der Waals surface area contributed by atoms with Crippen LogP contribution in [-0.2, 0) is 11.3 Å². The third kappa shape index (κ3) is 8.24. The summed E-state index contributed by atoms with van der Waals surface area (Å²) in [7, 11) is 2.00. The molecular weight excluding hydrogens is 465 g/mol. The van der Waals surface area contributed by atoms with Gasteiger partial charge in [-0.3, -0.25) is 9.79 Å². The summed E-state index contributed by atoms with van der Waals surface area (Å²) in [4.78, 5) is 22.9. The number of nitrogens with zero attached hydrogens (tertiary/aromatic N) is 3. The highest BCUT2D eigenvalue weighted by atomic mass is 127. The van der Waals surface area contributed by atoms with Crippen molar-refractivity contribution in [2.24, 2.45) is 4.99 Å². The number of hydrogen-bond acceptors (Lipinski definition) is 3. The fourth-order valence-corrected chi connectivity index (χ4v) is 2.52. The van der Waals surface area contributed by atoms with Crippen molar-refractivity contribution in [2.75, 3.05) is 25.5 Å². The Labute approximate surface area is 184 Å². The number of pyridine rings is 1. The topological polar surface area (TPSA) is 69.6 Å². The number of carbonyl (C=O) groups is 1. The van der Waals surface area contributed by atoms with E-state index in [0.29, 0.717) is 18.8 Å². The van der Waals surface area contributed by atoms with Crippen molar-refractivity contribution in [1.82, 2.24) is 15.2 Å². The number of amides is 1. The zero-order valence-electron chi connectivity index (χ0n) is 17.0. The number of guanidine groups is 1. The summed E-state index contributed by atoms with van der Waals surface area (Å²) in [6, 6.07) is 12.2. The number of carbonyl (C=O) groups excluding carboxylic acids is 1. The standard InChI is InChI=1S/C21H29N5O.HI/c1-5-22-21(26(4)15-18-9-6-16(2)7-10-18)23-13-12-20(27)25-19-11-8-17(3)14-24-19;/h6-11,14H,5,12-13,15H2,1-4H3,(H,22,23)(H,24,25,27);1H. The molecule has 0 saturated carbocycles. The van der Waals surface area contributed by atoms with Crippen LogP contribution in [0.15, 0.2) is 47.6 Å². The highest BCUT2D eigenvalue weighted by Gasteiger charge is 2.08. The highest BCUT2D eigenvalue weighted by Crippen LogP contribution is 2.07. The van der Waals surface area contributed by atoms with Gasteiger partial charge in [-0.2, -0.15) is 0 Å². The minimum absolute atomic E-state index is 0. The maximum Gasteiger partial charge on any atom is 0.227 e. The van der Waals surface area contributed by atoms with Crippen molar-refractivity contribution in [3.05, 3.63) is 59.3 Å². The molecule has 0 atom stereocenters. The van der Waals surface area contributed by atoms with Crippen LogP contribution in [0.3, 0.4) is 0 Å². The molecule has 0 aliphatic rings. The van der Waals surface area contributed by atoms with Crippen LogP contribution >= 0.6 is 24.0 Å². The SMILES string of the molecule is CCNC(=NCCC(=O)Nc1ccc(C)cn1)N(C)Cc1ccc(C)cc1.I. The summed E-state index contributed by atoms with van der Waals surface area (Å²) in [6.45, 7) is 8.02. The van der Waals surface area contributed by atoms with Crippen molar-refractivity contribution in [2.45, 2.75) is 33.7 Å². The van der Waals surface area contributed by atoms with Gasteiger partial charge in [-0.25, -0.2) is 4.98 Å². The molecule has 2 rings (SSSR count). The maximum atomic E-state index is 12.1. The Morgan fingerprint density at radius 3 is 2.39 bits per heavy atom. The molecule has 2 aromatic rings. The number of aryl methyl sites for hydroxylation is 2. The highest BCUT2D eigenvalue weighted by molar-refractivity contribution is 14.0. The number of anilines is 1. The van der Waals surface area contributed by atoms with Crippen molar-refractivity contribution >= 4 is 41.7 Å². The minimum Gasteiger partial charge on any atom is -0.357 e. The second-order valence-electron chi connectivity index (χ2n) is 6.60. The first kappa shape index (κ1) is 23.9. The van der Waals surface area contributed by atoms with E-state index in [4.69, 9.17) is 0 Å². The molecule has 7 heteroatoms. The molecule has 1 amide bonds. The summed E-state index contributed by atoms with van der Waals surface area (Å²) in [6.07, 6.45) is 2.04. The molecule has 0 spiro atoms. The number of aromatic nitrogens is 1. The van der Waals surface area contributed by atoms with Gasteiger partial charge >= 0.3 is 0 Å². The zero-order valence-corrected chi connectivity index (χ0v) is 19.4. The summed E-state index contributed by atoms with van der Waals surface area (Å²) < 4.78 is 0. The Morgan fingerprint density at radius 2 is 1.79 bits per heavy atom. The van der Waals surface area contributed by atoms with Gasteiger partial charge in [0, 0.05) is 32.8 Å². The van der Waals surface area contributed by atoms with E-state index in [1.165, 1.54) is 11.1 Å². The Kier molecular flexibility index (Phi) is 10.5. The molecule has 0 unspecified atom stereocenters. The van der Waals surface area contributed by atoms with Gasteiger partial charge in [-0.15, -0.1) is 24.0 Å². The molecule has 0 radical (unpaired) electrons. The van der Waals surface area contributed by atoms with Crippen LogP contribution in [0, 0.1) is 13.8 Å². The Balaban J connectivity index is 0.00000392. The third-order valence-electron chi connectivity index (χ3n) is 4.02. The number of aliphatic imine (C=N–C) groups is 1. The first-order chi connectivity index (χ1) is 13.0. The van der Waals surface area contributed by atoms with E-state index in [-0.39, 0.29) is 29.9 Å². The lowest BCUT2D eigenvalue weighted by Crippen LogP contribution is -2.38. The number of nitrogens with one attached hydrogen (secondary N) is 2. The van der Waals surface area contributed by atoms with E-state index in [2.05, 4.69) is 56.7 Å². The molecule has 0 saturated heterocycles. The van der Waals surface area contributed by atoms with Crippen LogP contribution in [0.2, 0.25) is 0 Å². The number of benzene rings is 1. The van der Waals surface area contributed by atoms with Gasteiger partial charge in [0.25, 0.3) is 0 Å². The van der Waals surface area contributed by atoms with Crippen LogP contribution in [0.4, 0.5) is 5.82 Å². The molecule has 1 aromatic carbocycles. The summed E-state index contributed by atoms with van der Waals surface area (Å²) in [5.41, 5.74) is 3.53. The van der Waals surface area contributed by atoms with Gasteiger partial charge in [0.2, 0.25) is 5.91 Å². The van der Waals surface area contributed by atoms with Crippen LogP contribution < -0.4 is 10.6 Å². The number of halogens is 1. The molecular formula is C21H30IN5O. The molecule has 1 heterocycles. The Hall–Kier alpha value is -2.16. The second-order valence-corrected chi connectivity index (χ2v) is 6.60. The molecule has 1 aromatic heterocycles. The lowest BCUT2D eigenvalue weighted by atomic mass is 10.1. The third-order valence-corrected chi connectivity index (χ3v) is 4.02. The molecule has 0 fully saturated rings. The quantitative estimate of drug-likeness (QED) is 0.349. The van der Waals surface area contributed by atoms with E-state index in [0.717, 1.165) is 24.6 Å². The summed E-state index contributed by atoms with van der Waals surface area (Å²) in [5.74, 6) is 1.27. The van der Waals surface area contributed by atoms with Gasteiger partial charge in [-0.1, -0.05) is 35.9 Å². The zero-order chi connectivity index (χ0) is 19.6. The van der Waals surface area contributed by atoms with Crippen LogP contribution in [0.1, 0.15) is 30.0 Å². The van der Waals surface area contributed by atoms with Crippen LogP contribution in [0.25, 0.3) is 0 Å². The first-order valence-electron chi connectivity index (χ1n) is 9.25. The van der Waals surface area contributed by atoms with Crippen molar-refractivity contribution in [3.63, 3.8) is 0 Å². The Bertz CT molecular complexity index is 759. The van der Waals surface area contributed by atoms with Crippen molar-refractivity contribution < 1.29 is 4.79 Å².